The van der Waals surface area contributed by atoms with Gasteiger partial charge in [-0.25, -0.2) is 0 Å². The number of aromatic nitrogens is 2. The first-order valence-electron chi connectivity index (χ1n) is 7.40. The molecule has 0 radical (unpaired) electrons. The molecular formula is C16H21ClN4O. The van der Waals surface area contributed by atoms with Crippen LogP contribution >= 0.6 is 12.4 Å². The molecule has 1 aromatic carbocycles. The minimum Gasteiger partial charge on any atom is -0.347 e. The van der Waals surface area contributed by atoms with E-state index in [0.717, 1.165) is 24.0 Å². The van der Waals surface area contributed by atoms with Crippen LogP contribution in [0.15, 0.2) is 30.6 Å². The summed E-state index contributed by atoms with van der Waals surface area (Å²) in [6, 6.07) is 5.88. The normalized spacial score (nSPS) is 24.5. The van der Waals surface area contributed by atoms with Gasteiger partial charge < -0.3 is 10.6 Å². The maximum Gasteiger partial charge on any atom is 0.251 e. The van der Waals surface area contributed by atoms with Crippen LogP contribution in [0, 0.1) is 5.92 Å². The molecule has 1 aromatic heterocycles. The van der Waals surface area contributed by atoms with Crippen molar-refractivity contribution < 1.29 is 4.79 Å². The Bertz CT molecular complexity index is 653. The maximum atomic E-state index is 12.5. The van der Waals surface area contributed by atoms with Crippen LogP contribution in [0.3, 0.4) is 0 Å². The maximum absolute atomic E-state index is 12.5. The third-order valence-corrected chi connectivity index (χ3v) is 4.25. The first kappa shape index (κ1) is 16.6. The van der Waals surface area contributed by atoms with Crippen molar-refractivity contribution in [3.63, 3.8) is 0 Å². The molecule has 2 N–H and O–H groups in total. The van der Waals surface area contributed by atoms with Crippen LogP contribution in [0.25, 0.3) is 11.0 Å². The summed E-state index contributed by atoms with van der Waals surface area (Å²) in [7, 11) is 0. The van der Waals surface area contributed by atoms with E-state index in [9.17, 15) is 4.79 Å². The average molecular weight is 321 g/mol. The third-order valence-electron chi connectivity index (χ3n) is 4.25. The molecule has 0 aliphatic carbocycles. The number of nitrogens with zero attached hydrogens (tertiary/aromatic N) is 2. The zero-order valence-electron chi connectivity index (χ0n) is 12.7. The number of hydrogen-bond acceptors (Lipinski definition) is 4. The van der Waals surface area contributed by atoms with Crippen molar-refractivity contribution in [2.45, 2.75) is 32.4 Å². The SMILES string of the molecule is CC1CCNC(C)C1NC(=O)c1ccc2nccnc2c1.Cl. The summed E-state index contributed by atoms with van der Waals surface area (Å²) < 4.78 is 0. The molecule has 1 aliphatic rings. The third kappa shape index (κ3) is 3.36. The lowest BCUT2D eigenvalue weighted by Crippen LogP contribution is -2.55. The fourth-order valence-corrected chi connectivity index (χ4v) is 2.94. The first-order chi connectivity index (χ1) is 10.1. The van der Waals surface area contributed by atoms with Gasteiger partial charge in [0.25, 0.3) is 5.91 Å². The predicted octanol–water partition coefficient (Wildman–Crippen LogP) is 2.17. The van der Waals surface area contributed by atoms with E-state index in [1.54, 1.807) is 24.5 Å². The van der Waals surface area contributed by atoms with Gasteiger partial charge in [-0.1, -0.05) is 6.92 Å². The van der Waals surface area contributed by atoms with Gasteiger partial charge in [0.1, 0.15) is 0 Å². The second-order valence-electron chi connectivity index (χ2n) is 5.77. The largest absolute Gasteiger partial charge is 0.347 e. The molecule has 0 spiro atoms. The van der Waals surface area contributed by atoms with Crippen molar-refractivity contribution in [2.24, 2.45) is 5.92 Å². The number of nitrogens with one attached hydrogen (secondary N) is 2. The Hall–Kier alpha value is -1.72. The van der Waals surface area contributed by atoms with Gasteiger partial charge in [0.2, 0.25) is 0 Å². The molecule has 6 heteroatoms. The fourth-order valence-electron chi connectivity index (χ4n) is 2.94. The number of amides is 1. The van der Waals surface area contributed by atoms with Crippen molar-refractivity contribution in [3.8, 4) is 0 Å². The number of piperidine rings is 1. The second-order valence-corrected chi connectivity index (χ2v) is 5.77. The molecule has 1 aliphatic heterocycles. The number of benzene rings is 1. The quantitative estimate of drug-likeness (QED) is 0.890. The summed E-state index contributed by atoms with van der Waals surface area (Å²) in [4.78, 5) is 20.9. The van der Waals surface area contributed by atoms with E-state index in [-0.39, 0.29) is 30.4 Å². The number of fused-ring (bicyclic) bond motifs is 1. The number of hydrogen-bond donors (Lipinski definition) is 2. The Morgan fingerprint density at radius 3 is 2.68 bits per heavy atom. The van der Waals surface area contributed by atoms with Gasteiger partial charge in [0.05, 0.1) is 11.0 Å². The summed E-state index contributed by atoms with van der Waals surface area (Å²) in [5.74, 6) is 0.431. The molecule has 5 nitrogen and oxygen atoms in total. The topological polar surface area (TPSA) is 66.9 Å². The lowest BCUT2D eigenvalue weighted by molar-refractivity contribution is 0.0897. The average Bonchev–Trinajstić information content (AvgIpc) is 2.50. The Labute approximate surface area is 136 Å². The standard InChI is InChI=1S/C16H20N4O.ClH/c1-10-5-6-17-11(2)15(10)20-16(21)12-3-4-13-14(9-12)19-8-7-18-13;/h3-4,7-11,15,17H,5-6H2,1-2H3,(H,20,21);1H. The van der Waals surface area contributed by atoms with Crippen LogP contribution in [-0.4, -0.2) is 34.5 Å². The van der Waals surface area contributed by atoms with Crippen molar-refractivity contribution >= 4 is 29.3 Å². The smallest absolute Gasteiger partial charge is 0.251 e. The minimum absolute atomic E-state index is 0. The minimum atomic E-state index is -0.0463. The van der Waals surface area contributed by atoms with Gasteiger partial charge in [0, 0.05) is 30.0 Å². The van der Waals surface area contributed by atoms with E-state index >= 15 is 0 Å². The number of rotatable bonds is 2. The summed E-state index contributed by atoms with van der Waals surface area (Å²) in [5, 5.41) is 6.56. The fraction of sp³-hybridized carbons (Fsp3) is 0.438. The molecule has 22 heavy (non-hydrogen) atoms. The number of carbonyl (C=O) groups is 1. The number of carbonyl (C=O) groups excluding carboxylic acids is 1. The van der Waals surface area contributed by atoms with Gasteiger partial charge in [-0.05, 0) is 44.0 Å². The van der Waals surface area contributed by atoms with Gasteiger partial charge in [-0.3, -0.25) is 14.8 Å². The molecule has 2 aromatic rings. The van der Waals surface area contributed by atoms with E-state index in [4.69, 9.17) is 0 Å². The van der Waals surface area contributed by atoms with E-state index < -0.39 is 0 Å². The Morgan fingerprint density at radius 2 is 1.95 bits per heavy atom. The molecule has 3 rings (SSSR count). The van der Waals surface area contributed by atoms with Crippen LogP contribution in [0.1, 0.15) is 30.6 Å². The lowest BCUT2D eigenvalue weighted by atomic mass is 9.89. The molecule has 1 saturated heterocycles. The van der Waals surface area contributed by atoms with Crippen LogP contribution in [0.4, 0.5) is 0 Å². The molecule has 1 fully saturated rings. The van der Waals surface area contributed by atoms with E-state index in [2.05, 4.69) is 34.4 Å². The Balaban J connectivity index is 0.00000176. The molecular weight excluding hydrogens is 300 g/mol. The van der Waals surface area contributed by atoms with E-state index in [0.29, 0.717) is 11.5 Å². The Morgan fingerprint density at radius 1 is 1.23 bits per heavy atom. The van der Waals surface area contributed by atoms with Crippen LogP contribution < -0.4 is 10.6 Å². The summed E-state index contributed by atoms with van der Waals surface area (Å²) in [6.45, 7) is 5.32. The van der Waals surface area contributed by atoms with Gasteiger partial charge in [-0.2, -0.15) is 0 Å². The van der Waals surface area contributed by atoms with Crippen molar-refractivity contribution in [2.75, 3.05) is 6.54 Å². The highest BCUT2D eigenvalue weighted by Gasteiger charge is 2.28. The zero-order chi connectivity index (χ0) is 14.8. The van der Waals surface area contributed by atoms with Crippen LogP contribution in [-0.2, 0) is 0 Å². The predicted molar refractivity (Wildman–Crippen MR) is 89.3 cm³/mol. The Kier molecular flexibility index (Phi) is 5.32. The van der Waals surface area contributed by atoms with Crippen molar-refractivity contribution in [3.05, 3.63) is 36.2 Å². The van der Waals surface area contributed by atoms with Gasteiger partial charge in [-0.15, -0.1) is 12.4 Å². The van der Waals surface area contributed by atoms with Crippen molar-refractivity contribution in [1.82, 2.24) is 20.6 Å². The van der Waals surface area contributed by atoms with Gasteiger partial charge in [0.15, 0.2) is 0 Å². The van der Waals surface area contributed by atoms with E-state index in [1.807, 2.05) is 6.07 Å². The molecule has 0 bridgehead atoms. The van der Waals surface area contributed by atoms with Crippen LogP contribution in [0.5, 0.6) is 0 Å². The molecule has 3 atom stereocenters. The molecule has 2 heterocycles. The first-order valence-corrected chi connectivity index (χ1v) is 7.40. The summed E-state index contributed by atoms with van der Waals surface area (Å²) >= 11 is 0. The summed E-state index contributed by atoms with van der Waals surface area (Å²) in [5.41, 5.74) is 2.18. The molecule has 3 unspecified atom stereocenters. The highest BCUT2D eigenvalue weighted by molar-refractivity contribution is 5.97. The molecule has 118 valence electrons. The summed E-state index contributed by atoms with van der Waals surface area (Å²) in [6.07, 6.45) is 4.37. The lowest BCUT2D eigenvalue weighted by Gasteiger charge is -2.36. The molecule has 0 saturated carbocycles. The van der Waals surface area contributed by atoms with Gasteiger partial charge >= 0.3 is 0 Å². The monoisotopic (exact) mass is 320 g/mol. The van der Waals surface area contributed by atoms with Crippen molar-refractivity contribution in [1.29, 1.82) is 0 Å². The van der Waals surface area contributed by atoms with E-state index in [1.165, 1.54) is 0 Å². The number of halogens is 1. The zero-order valence-corrected chi connectivity index (χ0v) is 13.6. The van der Waals surface area contributed by atoms with Crippen LogP contribution in [0.2, 0.25) is 0 Å². The highest BCUT2D eigenvalue weighted by Crippen LogP contribution is 2.17. The highest BCUT2D eigenvalue weighted by atomic mass is 35.5. The second kappa shape index (κ2) is 7.03. The molecule has 1 amide bonds.